The van der Waals surface area contributed by atoms with Crippen molar-refractivity contribution in [3.63, 3.8) is 0 Å². The van der Waals surface area contributed by atoms with E-state index >= 15 is 0 Å². The predicted octanol–water partition coefficient (Wildman–Crippen LogP) is 3.42. The van der Waals surface area contributed by atoms with Crippen LogP contribution < -0.4 is 0 Å². The highest BCUT2D eigenvalue weighted by molar-refractivity contribution is 5.97. The molecule has 0 heterocycles. The Kier molecular flexibility index (Phi) is 4.69. The molecule has 0 fully saturated rings. The van der Waals surface area contributed by atoms with E-state index in [0.29, 0.717) is 5.92 Å². The zero-order chi connectivity index (χ0) is 12.1. The Morgan fingerprint density at radius 1 is 1.12 bits per heavy atom. The Morgan fingerprint density at radius 3 is 2.12 bits per heavy atom. The van der Waals surface area contributed by atoms with Gasteiger partial charge in [-0.25, -0.2) is 0 Å². The molecule has 0 unspecified atom stereocenters. The molecule has 1 aromatic carbocycles. The summed E-state index contributed by atoms with van der Waals surface area (Å²) in [7, 11) is 0. The summed E-state index contributed by atoms with van der Waals surface area (Å²) >= 11 is 0. The van der Waals surface area contributed by atoms with E-state index in [-0.39, 0.29) is 18.5 Å². The van der Waals surface area contributed by atoms with Gasteiger partial charge in [-0.05, 0) is 25.3 Å². The van der Waals surface area contributed by atoms with E-state index in [4.69, 9.17) is 4.74 Å². The monoisotopic (exact) mass is 220 g/mol. The van der Waals surface area contributed by atoms with Gasteiger partial charge in [-0.15, -0.1) is 0 Å². The number of carbonyl (C=O) groups excluding carboxylic acids is 1. The zero-order valence-electron chi connectivity index (χ0n) is 10.5. The molecule has 0 N–H and O–H groups in total. The summed E-state index contributed by atoms with van der Waals surface area (Å²) in [5.74, 6) is 0.542. The van der Waals surface area contributed by atoms with Gasteiger partial charge in [0, 0.05) is 5.56 Å². The van der Waals surface area contributed by atoms with E-state index in [0.717, 1.165) is 5.56 Å². The third-order valence-corrected chi connectivity index (χ3v) is 2.45. The molecular formula is C14H20O2. The van der Waals surface area contributed by atoms with Crippen molar-refractivity contribution >= 4 is 5.78 Å². The quantitative estimate of drug-likeness (QED) is 0.711. The van der Waals surface area contributed by atoms with Crippen LogP contribution in [0.2, 0.25) is 0 Å². The minimum Gasteiger partial charge on any atom is -0.371 e. The number of carbonyl (C=O) groups is 1. The second-order valence-corrected chi connectivity index (χ2v) is 4.56. The van der Waals surface area contributed by atoms with Gasteiger partial charge in [-0.1, -0.05) is 38.1 Å². The van der Waals surface area contributed by atoms with Gasteiger partial charge in [0.2, 0.25) is 0 Å². The third-order valence-electron chi connectivity index (χ3n) is 2.45. The van der Waals surface area contributed by atoms with Crippen LogP contribution in [-0.4, -0.2) is 18.5 Å². The summed E-state index contributed by atoms with van der Waals surface area (Å²) < 4.78 is 5.29. The Bertz CT molecular complexity index is 336. The fourth-order valence-corrected chi connectivity index (χ4v) is 1.38. The molecule has 0 aliphatic heterocycles. The summed E-state index contributed by atoms with van der Waals surface area (Å²) in [4.78, 5) is 11.7. The molecule has 0 atom stereocenters. The molecule has 2 nitrogen and oxygen atoms in total. The smallest absolute Gasteiger partial charge is 0.188 e. The summed E-state index contributed by atoms with van der Waals surface area (Å²) in [5.41, 5.74) is 1.98. The second-order valence-electron chi connectivity index (χ2n) is 4.56. The van der Waals surface area contributed by atoms with Crippen molar-refractivity contribution in [3.8, 4) is 0 Å². The maximum atomic E-state index is 11.7. The normalized spacial score (nSPS) is 11.1. The van der Waals surface area contributed by atoms with Crippen LogP contribution in [-0.2, 0) is 4.74 Å². The number of benzene rings is 1. The molecule has 0 saturated carbocycles. The molecule has 0 saturated heterocycles. The first-order valence-electron chi connectivity index (χ1n) is 5.75. The van der Waals surface area contributed by atoms with Crippen molar-refractivity contribution in [3.05, 3.63) is 35.4 Å². The third kappa shape index (κ3) is 3.78. The fraction of sp³-hybridized carbons (Fsp3) is 0.500. The van der Waals surface area contributed by atoms with Crippen molar-refractivity contribution < 1.29 is 9.53 Å². The van der Waals surface area contributed by atoms with Crippen molar-refractivity contribution in [1.29, 1.82) is 0 Å². The largest absolute Gasteiger partial charge is 0.371 e. The first-order valence-corrected chi connectivity index (χ1v) is 5.75. The van der Waals surface area contributed by atoms with Gasteiger partial charge in [-0.3, -0.25) is 4.79 Å². The highest BCUT2D eigenvalue weighted by Gasteiger charge is 2.07. The van der Waals surface area contributed by atoms with E-state index in [1.807, 2.05) is 38.1 Å². The lowest BCUT2D eigenvalue weighted by Crippen LogP contribution is -2.13. The topological polar surface area (TPSA) is 26.3 Å². The second kappa shape index (κ2) is 5.80. The first kappa shape index (κ1) is 12.9. The van der Waals surface area contributed by atoms with Crippen molar-refractivity contribution in [1.82, 2.24) is 0 Å². The van der Waals surface area contributed by atoms with Crippen LogP contribution in [0.3, 0.4) is 0 Å². The van der Waals surface area contributed by atoms with Gasteiger partial charge >= 0.3 is 0 Å². The van der Waals surface area contributed by atoms with Crippen LogP contribution in [0, 0.1) is 0 Å². The highest BCUT2D eigenvalue weighted by atomic mass is 16.5. The standard InChI is InChI=1S/C14H20O2/c1-10(2)12-5-7-13(8-6-12)14(15)9-16-11(3)4/h5-8,10-11H,9H2,1-4H3. The molecule has 16 heavy (non-hydrogen) atoms. The van der Waals surface area contributed by atoms with Crippen LogP contribution in [0.15, 0.2) is 24.3 Å². The fourth-order valence-electron chi connectivity index (χ4n) is 1.38. The van der Waals surface area contributed by atoms with E-state index in [9.17, 15) is 4.79 Å². The maximum absolute atomic E-state index is 11.7. The Hall–Kier alpha value is -1.15. The van der Waals surface area contributed by atoms with E-state index in [1.165, 1.54) is 5.56 Å². The summed E-state index contributed by atoms with van der Waals surface area (Å²) in [5, 5.41) is 0. The molecule has 0 aromatic heterocycles. The summed E-state index contributed by atoms with van der Waals surface area (Å²) in [6.45, 7) is 8.29. The van der Waals surface area contributed by atoms with Crippen molar-refractivity contribution in [2.24, 2.45) is 0 Å². The van der Waals surface area contributed by atoms with Gasteiger partial charge in [0.25, 0.3) is 0 Å². The predicted molar refractivity (Wildman–Crippen MR) is 65.9 cm³/mol. The molecular weight excluding hydrogens is 200 g/mol. The van der Waals surface area contributed by atoms with Crippen molar-refractivity contribution in [2.75, 3.05) is 6.61 Å². The maximum Gasteiger partial charge on any atom is 0.188 e. The molecule has 0 amide bonds. The number of ketones is 1. The van der Waals surface area contributed by atoms with E-state index in [2.05, 4.69) is 13.8 Å². The lowest BCUT2D eigenvalue weighted by molar-refractivity contribution is 0.0585. The van der Waals surface area contributed by atoms with Crippen LogP contribution in [0.25, 0.3) is 0 Å². The molecule has 1 aromatic rings. The van der Waals surface area contributed by atoms with Crippen LogP contribution in [0.4, 0.5) is 0 Å². The number of hydrogen-bond donors (Lipinski definition) is 0. The molecule has 88 valence electrons. The Labute approximate surface area is 97.6 Å². The SMILES string of the molecule is CC(C)OCC(=O)c1ccc(C(C)C)cc1. The number of rotatable bonds is 5. The number of ether oxygens (including phenoxy) is 1. The first-order chi connectivity index (χ1) is 7.50. The van der Waals surface area contributed by atoms with Gasteiger partial charge in [0.1, 0.15) is 6.61 Å². The van der Waals surface area contributed by atoms with Gasteiger partial charge in [0.15, 0.2) is 5.78 Å². The lowest BCUT2D eigenvalue weighted by Gasteiger charge is -2.08. The van der Waals surface area contributed by atoms with Gasteiger partial charge in [-0.2, -0.15) is 0 Å². The number of Topliss-reactive ketones (excluding diaryl/α,β-unsaturated/α-hetero) is 1. The van der Waals surface area contributed by atoms with E-state index < -0.39 is 0 Å². The van der Waals surface area contributed by atoms with Crippen molar-refractivity contribution in [2.45, 2.75) is 39.7 Å². The highest BCUT2D eigenvalue weighted by Crippen LogP contribution is 2.15. The summed E-state index contributed by atoms with van der Waals surface area (Å²) in [6, 6.07) is 7.77. The number of hydrogen-bond acceptors (Lipinski definition) is 2. The van der Waals surface area contributed by atoms with Crippen LogP contribution >= 0.6 is 0 Å². The minimum atomic E-state index is 0.0454. The molecule has 2 heteroatoms. The molecule has 0 aliphatic carbocycles. The van der Waals surface area contributed by atoms with Gasteiger partial charge < -0.3 is 4.74 Å². The average molecular weight is 220 g/mol. The molecule has 0 bridgehead atoms. The van der Waals surface area contributed by atoms with Crippen LogP contribution in [0.1, 0.15) is 49.5 Å². The average Bonchev–Trinajstić information content (AvgIpc) is 2.26. The Balaban J connectivity index is 2.63. The van der Waals surface area contributed by atoms with Crippen LogP contribution in [0.5, 0.6) is 0 Å². The minimum absolute atomic E-state index is 0.0454. The molecule has 0 aliphatic rings. The Morgan fingerprint density at radius 2 is 1.69 bits per heavy atom. The summed E-state index contributed by atoms with van der Waals surface area (Å²) in [6.07, 6.45) is 0.0962. The lowest BCUT2D eigenvalue weighted by atomic mass is 10.0. The van der Waals surface area contributed by atoms with Gasteiger partial charge in [0.05, 0.1) is 6.10 Å². The molecule has 0 radical (unpaired) electrons. The molecule has 0 spiro atoms. The van der Waals surface area contributed by atoms with E-state index in [1.54, 1.807) is 0 Å². The molecule has 1 rings (SSSR count). The zero-order valence-corrected chi connectivity index (χ0v) is 10.5.